The first-order chi connectivity index (χ1) is 12.4. The molecule has 1 aliphatic rings. The van der Waals surface area contributed by atoms with E-state index in [1.54, 1.807) is 0 Å². The largest absolute Gasteiger partial charge is 0.220 e. The Morgan fingerprint density at radius 3 is 2.48 bits per heavy atom. The summed E-state index contributed by atoms with van der Waals surface area (Å²) in [5.41, 5.74) is 9.26. The first-order valence-corrected chi connectivity index (χ1v) is 9.44. The highest BCUT2D eigenvalue weighted by Gasteiger charge is 2.22. The monoisotopic (exact) mass is 331 g/mol. The van der Waals surface area contributed by atoms with Crippen LogP contribution in [0, 0.1) is 13.8 Å². The minimum atomic E-state index is 0.471. The minimum Gasteiger partial charge on any atom is -0.198 e. The molecule has 0 saturated heterocycles. The molecule has 0 bridgehead atoms. The molecule has 1 heterocycles. The number of aryl methyl sites for hydroxylation is 3. The number of hydrogen-bond acceptors (Lipinski definition) is 0. The number of fused-ring (bicyclic) bond motifs is 2. The molecule has 0 unspecified atom stereocenters. The summed E-state index contributed by atoms with van der Waals surface area (Å²) in [5, 5.41) is 2.26. The summed E-state index contributed by atoms with van der Waals surface area (Å²) >= 11 is 0. The summed E-state index contributed by atoms with van der Waals surface area (Å²) < 4.78 is 10.9. The molecule has 1 nitrogen and oxygen atoms in total. The second-order valence-electron chi connectivity index (χ2n) is 7.87. The van der Waals surface area contributed by atoms with Gasteiger partial charge in [-0.25, -0.2) is 0 Å². The van der Waals surface area contributed by atoms with Crippen molar-refractivity contribution in [2.75, 3.05) is 0 Å². The van der Waals surface area contributed by atoms with E-state index in [0.29, 0.717) is 12.0 Å². The van der Waals surface area contributed by atoms with E-state index < -0.39 is 0 Å². The van der Waals surface area contributed by atoms with E-state index in [1.165, 1.54) is 58.2 Å². The molecule has 1 aliphatic carbocycles. The molecule has 25 heavy (non-hydrogen) atoms. The summed E-state index contributed by atoms with van der Waals surface area (Å²) in [6, 6.07) is 12.1. The standard InChI is InChI=1S/C24H28N/c1-15(2)18-9-10-22-21(13-18)12-17(4)25(5)24(22)23-14-20-8-6-7-19(20)11-16(23)3/h9-15H,6-8H2,1-5H3/q+1/i12D. The third-order valence-corrected chi connectivity index (χ3v) is 5.81. The second kappa shape index (κ2) is 5.98. The first-order valence-electron chi connectivity index (χ1n) is 9.94. The van der Waals surface area contributed by atoms with Crippen molar-refractivity contribution in [1.82, 2.24) is 0 Å². The molecule has 2 aromatic carbocycles. The number of rotatable bonds is 2. The number of nitrogens with zero attached hydrogens (tertiary/aromatic N) is 1. The van der Waals surface area contributed by atoms with Gasteiger partial charge in [0.2, 0.25) is 5.69 Å². The van der Waals surface area contributed by atoms with E-state index in [1.807, 2.05) is 0 Å². The zero-order valence-electron chi connectivity index (χ0n) is 17.0. The minimum absolute atomic E-state index is 0.471. The quantitative estimate of drug-likeness (QED) is 0.541. The maximum Gasteiger partial charge on any atom is 0.220 e. The zero-order chi connectivity index (χ0) is 18.6. The maximum absolute atomic E-state index is 8.68. The van der Waals surface area contributed by atoms with Crippen LogP contribution in [0.3, 0.4) is 0 Å². The Bertz CT molecular complexity index is 1030. The van der Waals surface area contributed by atoms with Crippen molar-refractivity contribution in [3.8, 4) is 11.3 Å². The fraction of sp³-hybridized carbons (Fsp3) is 0.375. The molecule has 0 radical (unpaired) electrons. The smallest absolute Gasteiger partial charge is 0.198 e. The molecule has 3 aromatic rings. The third kappa shape index (κ3) is 2.66. The lowest BCUT2D eigenvalue weighted by molar-refractivity contribution is -0.665. The molecule has 0 saturated carbocycles. The Kier molecular flexibility index (Phi) is 3.62. The van der Waals surface area contributed by atoms with E-state index in [-0.39, 0.29) is 0 Å². The van der Waals surface area contributed by atoms with Crippen LogP contribution in [-0.2, 0) is 19.9 Å². The van der Waals surface area contributed by atoms with E-state index >= 15 is 0 Å². The molecular formula is C24H28N+. The van der Waals surface area contributed by atoms with Gasteiger partial charge in [-0.15, -0.1) is 0 Å². The van der Waals surface area contributed by atoms with Crippen LogP contribution in [0.1, 0.15) is 55.5 Å². The summed E-state index contributed by atoms with van der Waals surface area (Å²) in [6.45, 7) is 8.72. The van der Waals surface area contributed by atoms with Gasteiger partial charge in [0.05, 0.1) is 12.3 Å². The van der Waals surface area contributed by atoms with Crippen molar-refractivity contribution in [2.45, 2.75) is 52.9 Å². The number of pyridine rings is 1. The molecule has 0 spiro atoms. The normalized spacial score (nSPS) is 14.2. The molecule has 128 valence electrons. The number of benzene rings is 2. The summed E-state index contributed by atoms with van der Waals surface area (Å²) in [6.07, 6.45) is 3.68. The van der Waals surface area contributed by atoms with Crippen molar-refractivity contribution < 1.29 is 5.94 Å². The Balaban J connectivity index is 2.07. The van der Waals surface area contributed by atoms with Crippen LogP contribution < -0.4 is 4.57 Å². The lowest BCUT2D eigenvalue weighted by atomic mass is 9.93. The highest BCUT2D eigenvalue weighted by molar-refractivity contribution is 5.94. The van der Waals surface area contributed by atoms with Crippen molar-refractivity contribution in [3.05, 3.63) is 64.3 Å². The summed E-state index contributed by atoms with van der Waals surface area (Å²) in [5.74, 6) is 0.471. The third-order valence-electron chi connectivity index (χ3n) is 5.81. The van der Waals surface area contributed by atoms with Gasteiger partial charge in [-0.05, 0) is 71.9 Å². The molecule has 0 atom stereocenters. The zero-order valence-corrected chi connectivity index (χ0v) is 16.0. The van der Waals surface area contributed by atoms with E-state index in [2.05, 4.69) is 69.6 Å². The average Bonchev–Trinajstić information content (AvgIpc) is 3.06. The topological polar surface area (TPSA) is 3.88 Å². The van der Waals surface area contributed by atoms with Gasteiger partial charge in [-0.3, -0.25) is 0 Å². The van der Waals surface area contributed by atoms with Crippen molar-refractivity contribution in [1.29, 1.82) is 0 Å². The van der Waals surface area contributed by atoms with E-state index in [0.717, 1.165) is 11.1 Å². The van der Waals surface area contributed by atoms with Crippen LogP contribution in [0.4, 0.5) is 0 Å². The SMILES string of the molecule is [2H]c1c(C)[n+](C)c(-c2cc3c(cc2C)CCC3)c2ccc(C(C)C)cc12. The van der Waals surface area contributed by atoms with Gasteiger partial charge < -0.3 is 0 Å². The summed E-state index contributed by atoms with van der Waals surface area (Å²) in [4.78, 5) is 0. The average molecular weight is 332 g/mol. The Morgan fingerprint density at radius 2 is 1.76 bits per heavy atom. The number of aromatic nitrogens is 1. The van der Waals surface area contributed by atoms with Gasteiger partial charge in [-0.1, -0.05) is 32.0 Å². The molecule has 0 fully saturated rings. The van der Waals surface area contributed by atoms with Gasteiger partial charge in [0.25, 0.3) is 0 Å². The second-order valence-corrected chi connectivity index (χ2v) is 7.87. The molecular weight excluding hydrogens is 302 g/mol. The van der Waals surface area contributed by atoms with Gasteiger partial charge in [0.15, 0.2) is 5.69 Å². The Morgan fingerprint density at radius 1 is 1.04 bits per heavy atom. The maximum atomic E-state index is 8.68. The molecule has 4 rings (SSSR count). The molecule has 1 heteroatoms. The molecule has 0 amide bonds. The van der Waals surface area contributed by atoms with E-state index in [9.17, 15) is 0 Å². The lowest BCUT2D eigenvalue weighted by Crippen LogP contribution is -2.35. The fourth-order valence-corrected chi connectivity index (χ4v) is 4.19. The Labute approximate surface area is 152 Å². The van der Waals surface area contributed by atoms with Gasteiger partial charge in [0, 0.05) is 13.0 Å². The predicted octanol–water partition coefficient (Wildman–Crippen LogP) is 5.56. The highest BCUT2D eigenvalue weighted by Crippen LogP contribution is 2.34. The van der Waals surface area contributed by atoms with Crippen molar-refractivity contribution in [3.63, 3.8) is 0 Å². The van der Waals surface area contributed by atoms with Crippen LogP contribution >= 0.6 is 0 Å². The first kappa shape index (κ1) is 15.1. The molecule has 0 aliphatic heterocycles. The number of hydrogen-bond donors (Lipinski definition) is 0. The van der Waals surface area contributed by atoms with Gasteiger partial charge >= 0.3 is 0 Å². The highest BCUT2D eigenvalue weighted by atomic mass is 14.9. The summed E-state index contributed by atoms with van der Waals surface area (Å²) in [7, 11) is 2.10. The van der Waals surface area contributed by atoms with E-state index in [4.69, 9.17) is 1.37 Å². The lowest BCUT2D eigenvalue weighted by Gasteiger charge is -2.13. The van der Waals surface area contributed by atoms with Gasteiger partial charge in [-0.2, -0.15) is 4.57 Å². The fourth-order valence-electron chi connectivity index (χ4n) is 4.19. The van der Waals surface area contributed by atoms with Crippen LogP contribution in [0.25, 0.3) is 22.0 Å². The molecule has 1 aromatic heterocycles. The van der Waals surface area contributed by atoms with Crippen LogP contribution in [0.5, 0.6) is 0 Å². The van der Waals surface area contributed by atoms with Gasteiger partial charge in [0.1, 0.15) is 7.05 Å². The predicted molar refractivity (Wildman–Crippen MR) is 106 cm³/mol. The van der Waals surface area contributed by atoms with Crippen LogP contribution in [0.15, 0.2) is 36.4 Å². The Hall–Kier alpha value is -2.15. The van der Waals surface area contributed by atoms with Crippen LogP contribution in [-0.4, -0.2) is 0 Å². The van der Waals surface area contributed by atoms with Crippen LogP contribution in [0.2, 0.25) is 0 Å². The van der Waals surface area contributed by atoms with Crippen molar-refractivity contribution in [2.24, 2.45) is 7.05 Å². The molecule has 0 N–H and O–H groups in total. The van der Waals surface area contributed by atoms with Crippen molar-refractivity contribution >= 4 is 10.8 Å².